The first-order chi connectivity index (χ1) is 11.7. The fraction of sp³-hybridized carbons (Fsp3) is 0.318. The first-order valence-electron chi connectivity index (χ1n) is 8.47. The molecular weight excluding hydrogens is 297 g/mol. The van der Waals surface area contributed by atoms with Crippen molar-refractivity contribution in [3.8, 4) is 29.0 Å². The van der Waals surface area contributed by atoms with Crippen molar-refractivity contribution in [2.75, 3.05) is 0 Å². The molecule has 0 aromatic heterocycles. The van der Waals surface area contributed by atoms with E-state index in [0.717, 1.165) is 17.0 Å². The largest absolute Gasteiger partial charge is 0.206 e. The number of nitrogens with zero attached hydrogens (tertiary/aromatic N) is 1. The van der Waals surface area contributed by atoms with E-state index in [1.54, 1.807) is 12.1 Å². The van der Waals surface area contributed by atoms with E-state index >= 15 is 0 Å². The summed E-state index contributed by atoms with van der Waals surface area (Å²) in [4.78, 5) is 0. The Hall–Kier alpha value is -2.58. The van der Waals surface area contributed by atoms with Gasteiger partial charge in [-0.1, -0.05) is 50.1 Å². The van der Waals surface area contributed by atoms with Crippen LogP contribution in [0.4, 0.5) is 4.39 Å². The van der Waals surface area contributed by atoms with E-state index in [9.17, 15) is 4.39 Å². The van der Waals surface area contributed by atoms with Gasteiger partial charge in [-0.05, 0) is 59.4 Å². The molecular formula is C22H20FN. The fourth-order valence-electron chi connectivity index (χ4n) is 3.43. The van der Waals surface area contributed by atoms with Gasteiger partial charge in [-0.15, -0.1) is 0 Å². The van der Waals surface area contributed by atoms with Crippen LogP contribution in [-0.2, 0) is 0 Å². The second-order valence-electron chi connectivity index (χ2n) is 6.64. The Labute approximate surface area is 143 Å². The predicted molar refractivity (Wildman–Crippen MR) is 94.7 cm³/mol. The second-order valence-corrected chi connectivity index (χ2v) is 6.64. The average molecular weight is 317 g/mol. The number of benzene rings is 2. The van der Waals surface area contributed by atoms with Crippen LogP contribution in [0.5, 0.6) is 0 Å². The average Bonchev–Trinajstić information content (AvgIpc) is 2.61. The molecule has 0 unspecified atom stereocenters. The van der Waals surface area contributed by atoms with Gasteiger partial charge in [0.1, 0.15) is 5.82 Å². The Morgan fingerprint density at radius 1 is 0.958 bits per heavy atom. The molecule has 3 rings (SSSR count). The fourth-order valence-corrected chi connectivity index (χ4v) is 3.43. The van der Waals surface area contributed by atoms with Gasteiger partial charge in [-0.25, -0.2) is 4.39 Å². The van der Waals surface area contributed by atoms with E-state index in [4.69, 9.17) is 5.26 Å². The van der Waals surface area contributed by atoms with Crippen molar-refractivity contribution >= 4 is 0 Å². The van der Waals surface area contributed by atoms with Gasteiger partial charge in [-0.3, -0.25) is 0 Å². The van der Waals surface area contributed by atoms with Gasteiger partial charge >= 0.3 is 0 Å². The molecule has 1 nitrogen and oxygen atoms in total. The summed E-state index contributed by atoms with van der Waals surface area (Å²) in [5, 5.41) is 8.45. The lowest BCUT2D eigenvalue weighted by Gasteiger charge is -2.26. The van der Waals surface area contributed by atoms with Crippen LogP contribution in [0.2, 0.25) is 0 Å². The molecule has 1 aliphatic carbocycles. The Kier molecular flexibility index (Phi) is 4.97. The van der Waals surface area contributed by atoms with Crippen molar-refractivity contribution in [3.63, 3.8) is 0 Å². The maximum absolute atomic E-state index is 14.1. The molecule has 0 aliphatic heterocycles. The Bertz CT molecular complexity index is 810. The van der Waals surface area contributed by atoms with Crippen LogP contribution in [0.3, 0.4) is 0 Å². The first kappa shape index (κ1) is 16.3. The zero-order chi connectivity index (χ0) is 16.9. The molecule has 2 aromatic carbocycles. The third kappa shape index (κ3) is 3.66. The molecule has 0 bridgehead atoms. The van der Waals surface area contributed by atoms with E-state index in [-0.39, 0.29) is 11.4 Å². The van der Waals surface area contributed by atoms with E-state index in [2.05, 4.69) is 43.0 Å². The molecule has 0 N–H and O–H groups in total. The molecule has 1 aliphatic rings. The zero-order valence-corrected chi connectivity index (χ0v) is 13.8. The van der Waals surface area contributed by atoms with E-state index in [0.29, 0.717) is 5.92 Å². The van der Waals surface area contributed by atoms with Gasteiger partial charge in [-0.2, -0.15) is 5.26 Å². The van der Waals surface area contributed by atoms with Gasteiger partial charge < -0.3 is 0 Å². The minimum atomic E-state index is -0.388. The van der Waals surface area contributed by atoms with Crippen molar-refractivity contribution in [1.82, 2.24) is 0 Å². The maximum Gasteiger partial charge on any atom is 0.152 e. The van der Waals surface area contributed by atoms with Crippen LogP contribution < -0.4 is 0 Å². The number of hydrogen-bond donors (Lipinski definition) is 0. The zero-order valence-electron chi connectivity index (χ0n) is 13.8. The SMILES string of the molecule is CC1CCC(c2ccc(-c3ccc(C#CC#N)c(F)c3)cc2)CC1. The Morgan fingerprint density at radius 2 is 1.62 bits per heavy atom. The highest BCUT2D eigenvalue weighted by Gasteiger charge is 2.19. The van der Waals surface area contributed by atoms with Gasteiger partial charge in [0.25, 0.3) is 0 Å². The Balaban J connectivity index is 1.78. The normalized spacial score (nSPS) is 19.9. The lowest BCUT2D eigenvalue weighted by atomic mass is 9.79. The van der Waals surface area contributed by atoms with Gasteiger partial charge in [0.15, 0.2) is 6.07 Å². The van der Waals surface area contributed by atoms with E-state index in [1.165, 1.54) is 37.3 Å². The first-order valence-corrected chi connectivity index (χ1v) is 8.47. The summed E-state index contributed by atoms with van der Waals surface area (Å²) in [6.45, 7) is 2.33. The number of halogens is 1. The predicted octanol–water partition coefficient (Wildman–Crippen LogP) is 5.66. The second kappa shape index (κ2) is 7.33. The third-order valence-corrected chi connectivity index (χ3v) is 4.95. The quantitative estimate of drug-likeness (QED) is 0.655. The molecule has 2 heteroatoms. The molecule has 1 fully saturated rings. The highest BCUT2D eigenvalue weighted by molar-refractivity contribution is 5.65. The van der Waals surface area contributed by atoms with Crippen LogP contribution in [-0.4, -0.2) is 0 Å². The van der Waals surface area contributed by atoms with Crippen molar-refractivity contribution in [3.05, 3.63) is 59.4 Å². The third-order valence-electron chi connectivity index (χ3n) is 4.95. The van der Waals surface area contributed by atoms with Crippen LogP contribution in [0.15, 0.2) is 42.5 Å². The molecule has 0 radical (unpaired) electrons. The van der Waals surface area contributed by atoms with Crippen molar-refractivity contribution in [1.29, 1.82) is 5.26 Å². The minimum Gasteiger partial charge on any atom is -0.206 e. The summed E-state index contributed by atoms with van der Waals surface area (Å²) < 4.78 is 14.1. The molecule has 24 heavy (non-hydrogen) atoms. The summed E-state index contributed by atoms with van der Waals surface area (Å²) in [6, 6.07) is 15.2. The smallest absolute Gasteiger partial charge is 0.152 e. The van der Waals surface area contributed by atoms with Crippen LogP contribution in [0, 0.1) is 34.9 Å². The molecule has 2 aromatic rings. The summed E-state index contributed by atoms with van der Waals surface area (Å²) in [5.41, 5.74) is 3.48. The van der Waals surface area contributed by atoms with Gasteiger partial charge in [0, 0.05) is 5.92 Å². The van der Waals surface area contributed by atoms with E-state index in [1.807, 2.05) is 6.07 Å². The highest BCUT2D eigenvalue weighted by Crippen LogP contribution is 2.36. The summed E-state index contributed by atoms with van der Waals surface area (Å²) in [5.74, 6) is 5.87. The van der Waals surface area contributed by atoms with E-state index < -0.39 is 0 Å². The Morgan fingerprint density at radius 3 is 2.25 bits per heavy atom. The summed E-state index contributed by atoms with van der Waals surface area (Å²) >= 11 is 0. The van der Waals surface area contributed by atoms with Crippen LogP contribution in [0.25, 0.3) is 11.1 Å². The summed E-state index contributed by atoms with van der Waals surface area (Å²) in [6.07, 6.45) is 5.15. The molecule has 0 atom stereocenters. The highest BCUT2D eigenvalue weighted by atomic mass is 19.1. The molecule has 0 saturated heterocycles. The molecule has 0 heterocycles. The van der Waals surface area contributed by atoms with Crippen LogP contribution >= 0.6 is 0 Å². The lowest BCUT2D eigenvalue weighted by molar-refractivity contribution is 0.348. The van der Waals surface area contributed by atoms with Crippen molar-refractivity contribution in [2.45, 2.75) is 38.5 Å². The molecule has 1 saturated carbocycles. The summed E-state index contributed by atoms with van der Waals surface area (Å²) in [7, 11) is 0. The number of hydrogen-bond acceptors (Lipinski definition) is 1. The molecule has 0 amide bonds. The monoisotopic (exact) mass is 317 g/mol. The standard InChI is InChI=1S/C22H20FN/c1-16-4-6-17(7-5-16)18-8-10-19(11-9-18)21-13-12-20(3-2-14-24)22(23)15-21/h8-13,15-17H,4-7H2,1H3. The topological polar surface area (TPSA) is 23.8 Å². The molecule has 120 valence electrons. The lowest BCUT2D eigenvalue weighted by Crippen LogP contribution is -2.10. The van der Waals surface area contributed by atoms with Crippen molar-refractivity contribution < 1.29 is 4.39 Å². The number of rotatable bonds is 2. The molecule has 0 spiro atoms. The minimum absolute atomic E-state index is 0.258. The van der Waals surface area contributed by atoms with Gasteiger partial charge in [0.05, 0.1) is 5.56 Å². The number of nitriles is 1. The maximum atomic E-state index is 14.1. The van der Waals surface area contributed by atoms with Gasteiger partial charge in [0.2, 0.25) is 0 Å². The van der Waals surface area contributed by atoms with Crippen molar-refractivity contribution in [2.24, 2.45) is 5.92 Å². The van der Waals surface area contributed by atoms with Crippen LogP contribution in [0.1, 0.15) is 49.7 Å².